The van der Waals surface area contributed by atoms with Crippen LogP contribution in [0.2, 0.25) is 0 Å². The second-order valence-corrected chi connectivity index (χ2v) is 8.84. The molecule has 1 aromatic heterocycles. The largest absolute Gasteiger partial charge is 0.494 e. The number of aryl methyl sites for hydroxylation is 1. The lowest BCUT2D eigenvalue weighted by Crippen LogP contribution is -2.30. The molecule has 172 valence electrons. The number of amides is 2. The van der Waals surface area contributed by atoms with Gasteiger partial charge in [-0.1, -0.05) is 23.9 Å². The summed E-state index contributed by atoms with van der Waals surface area (Å²) in [6.07, 6.45) is 5.47. The SMILES string of the molecule is CCOc1ccc([C@H]2CCCN2C(=O)c2ccc(NC(=O)CSc3nccn3C)cc2)cc1. The molecule has 0 radical (unpaired) electrons. The van der Waals surface area contributed by atoms with Gasteiger partial charge in [0.15, 0.2) is 5.16 Å². The van der Waals surface area contributed by atoms with E-state index in [1.165, 1.54) is 11.8 Å². The minimum Gasteiger partial charge on any atom is -0.494 e. The highest BCUT2D eigenvalue weighted by atomic mass is 32.2. The Bertz CT molecular complexity index is 1100. The van der Waals surface area contributed by atoms with Crippen LogP contribution in [0.1, 0.15) is 41.7 Å². The van der Waals surface area contributed by atoms with E-state index in [0.717, 1.165) is 35.9 Å². The smallest absolute Gasteiger partial charge is 0.254 e. The number of carbonyl (C=O) groups is 2. The van der Waals surface area contributed by atoms with Gasteiger partial charge in [0.1, 0.15) is 5.75 Å². The predicted octanol–water partition coefficient (Wildman–Crippen LogP) is 4.53. The number of anilines is 1. The summed E-state index contributed by atoms with van der Waals surface area (Å²) >= 11 is 1.38. The lowest BCUT2D eigenvalue weighted by atomic mass is 10.0. The summed E-state index contributed by atoms with van der Waals surface area (Å²) in [6, 6.07) is 15.2. The summed E-state index contributed by atoms with van der Waals surface area (Å²) in [5, 5.41) is 3.67. The van der Waals surface area contributed by atoms with E-state index in [-0.39, 0.29) is 23.6 Å². The van der Waals surface area contributed by atoms with Crippen molar-refractivity contribution < 1.29 is 14.3 Å². The van der Waals surface area contributed by atoms with Crippen LogP contribution in [-0.4, -0.2) is 45.2 Å². The summed E-state index contributed by atoms with van der Waals surface area (Å²) in [5.41, 5.74) is 2.41. The van der Waals surface area contributed by atoms with Gasteiger partial charge in [0.05, 0.1) is 18.4 Å². The van der Waals surface area contributed by atoms with Gasteiger partial charge in [0, 0.05) is 37.2 Å². The van der Waals surface area contributed by atoms with E-state index in [1.807, 2.05) is 53.9 Å². The molecule has 2 heterocycles. The fraction of sp³-hybridized carbons (Fsp3) is 0.320. The van der Waals surface area contributed by atoms with Crippen LogP contribution in [0.5, 0.6) is 5.75 Å². The Balaban J connectivity index is 1.36. The first-order chi connectivity index (χ1) is 16.0. The number of imidazole rings is 1. The molecule has 1 saturated heterocycles. The Labute approximate surface area is 198 Å². The highest BCUT2D eigenvalue weighted by Gasteiger charge is 2.30. The number of hydrogen-bond acceptors (Lipinski definition) is 5. The van der Waals surface area contributed by atoms with E-state index in [9.17, 15) is 9.59 Å². The van der Waals surface area contributed by atoms with E-state index in [1.54, 1.807) is 30.5 Å². The number of aromatic nitrogens is 2. The van der Waals surface area contributed by atoms with Gasteiger partial charge in [-0.3, -0.25) is 9.59 Å². The van der Waals surface area contributed by atoms with Gasteiger partial charge in [-0.2, -0.15) is 0 Å². The number of nitrogens with one attached hydrogen (secondary N) is 1. The zero-order valence-electron chi connectivity index (χ0n) is 18.9. The molecule has 0 saturated carbocycles. The van der Waals surface area contributed by atoms with Gasteiger partial charge in [-0.25, -0.2) is 4.98 Å². The van der Waals surface area contributed by atoms with Gasteiger partial charge in [0.25, 0.3) is 5.91 Å². The fourth-order valence-corrected chi connectivity index (χ4v) is 4.72. The van der Waals surface area contributed by atoms with Crippen LogP contribution in [0.4, 0.5) is 5.69 Å². The van der Waals surface area contributed by atoms with Gasteiger partial charge in [-0.05, 0) is 61.7 Å². The summed E-state index contributed by atoms with van der Waals surface area (Å²) in [6.45, 7) is 3.33. The molecule has 33 heavy (non-hydrogen) atoms. The molecule has 2 aromatic carbocycles. The van der Waals surface area contributed by atoms with E-state index in [0.29, 0.717) is 17.9 Å². The predicted molar refractivity (Wildman–Crippen MR) is 130 cm³/mol. The van der Waals surface area contributed by atoms with E-state index in [4.69, 9.17) is 4.74 Å². The maximum Gasteiger partial charge on any atom is 0.254 e. The second kappa shape index (κ2) is 10.6. The third-order valence-electron chi connectivity index (χ3n) is 5.61. The molecule has 0 aliphatic carbocycles. The van der Waals surface area contributed by atoms with E-state index >= 15 is 0 Å². The average molecular weight is 465 g/mol. The van der Waals surface area contributed by atoms with Gasteiger partial charge >= 0.3 is 0 Å². The number of carbonyl (C=O) groups excluding carboxylic acids is 2. The molecule has 4 rings (SSSR count). The van der Waals surface area contributed by atoms with Gasteiger partial charge < -0.3 is 19.5 Å². The first-order valence-corrected chi connectivity index (χ1v) is 12.1. The highest BCUT2D eigenvalue weighted by molar-refractivity contribution is 7.99. The lowest BCUT2D eigenvalue weighted by molar-refractivity contribution is -0.113. The zero-order valence-corrected chi connectivity index (χ0v) is 19.7. The molecule has 8 heteroatoms. The first-order valence-electron chi connectivity index (χ1n) is 11.1. The Hall–Kier alpha value is -3.26. The maximum atomic E-state index is 13.2. The van der Waals surface area contributed by atoms with Gasteiger partial charge in [-0.15, -0.1) is 0 Å². The fourth-order valence-electron chi connectivity index (χ4n) is 3.99. The Morgan fingerprint density at radius 1 is 1.15 bits per heavy atom. The zero-order chi connectivity index (χ0) is 23.2. The number of ether oxygens (including phenoxy) is 1. The molecule has 1 atom stereocenters. The van der Waals surface area contributed by atoms with Crippen molar-refractivity contribution in [2.24, 2.45) is 7.05 Å². The average Bonchev–Trinajstić information content (AvgIpc) is 3.47. The van der Waals surface area contributed by atoms with Crippen molar-refractivity contribution in [1.29, 1.82) is 0 Å². The third-order valence-corrected chi connectivity index (χ3v) is 6.67. The molecule has 0 spiro atoms. The minimum absolute atomic E-state index is 0.00889. The van der Waals surface area contributed by atoms with Crippen molar-refractivity contribution >= 4 is 29.3 Å². The van der Waals surface area contributed by atoms with Crippen LogP contribution in [0.3, 0.4) is 0 Å². The quantitative estimate of drug-likeness (QED) is 0.496. The number of thioether (sulfide) groups is 1. The Morgan fingerprint density at radius 3 is 2.58 bits per heavy atom. The van der Waals surface area contributed by atoms with Crippen molar-refractivity contribution in [3.8, 4) is 5.75 Å². The molecule has 0 bridgehead atoms. The molecule has 1 aliphatic rings. The Morgan fingerprint density at radius 2 is 1.91 bits per heavy atom. The van der Waals surface area contributed by atoms with Crippen LogP contribution in [-0.2, 0) is 11.8 Å². The number of nitrogens with zero attached hydrogens (tertiary/aromatic N) is 3. The topological polar surface area (TPSA) is 76.5 Å². The van der Waals surface area contributed by atoms with Crippen molar-refractivity contribution in [3.63, 3.8) is 0 Å². The summed E-state index contributed by atoms with van der Waals surface area (Å²) < 4.78 is 7.40. The maximum absolute atomic E-state index is 13.2. The standard InChI is InChI=1S/C25H28N4O3S/c1-3-32-21-12-8-18(9-13-21)22-5-4-15-29(22)24(31)19-6-10-20(11-7-19)27-23(30)17-33-25-26-14-16-28(25)2/h6-14,16,22H,3-5,15,17H2,1-2H3,(H,27,30)/t22-/m1/s1. The summed E-state index contributed by atoms with van der Waals surface area (Å²) in [7, 11) is 1.89. The number of benzene rings is 2. The molecule has 1 aliphatic heterocycles. The van der Waals surface area contributed by atoms with E-state index < -0.39 is 0 Å². The summed E-state index contributed by atoms with van der Waals surface area (Å²) in [5.74, 6) is 1.00. The lowest BCUT2D eigenvalue weighted by Gasteiger charge is -2.25. The number of rotatable bonds is 8. The Kier molecular flexibility index (Phi) is 7.34. The molecule has 1 fully saturated rings. The third kappa shape index (κ3) is 5.57. The molecular formula is C25H28N4O3S. The van der Waals surface area contributed by atoms with Crippen molar-refractivity contribution in [3.05, 3.63) is 72.1 Å². The second-order valence-electron chi connectivity index (χ2n) is 7.89. The van der Waals surface area contributed by atoms with Crippen LogP contribution in [0.25, 0.3) is 0 Å². The molecule has 7 nitrogen and oxygen atoms in total. The molecule has 3 aromatic rings. The van der Waals surface area contributed by atoms with Crippen molar-refractivity contribution in [2.45, 2.75) is 31.0 Å². The first kappa shape index (κ1) is 22.9. The number of hydrogen-bond donors (Lipinski definition) is 1. The molecule has 0 unspecified atom stereocenters. The highest BCUT2D eigenvalue weighted by Crippen LogP contribution is 2.34. The minimum atomic E-state index is -0.114. The van der Waals surface area contributed by atoms with Crippen LogP contribution >= 0.6 is 11.8 Å². The molecule has 1 N–H and O–H groups in total. The monoisotopic (exact) mass is 464 g/mol. The van der Waals surface area contributed by atoms with Crippen LogP contribution in [0.15, 0.2) is 66.1 Å². The van der Waals surface area contributed by atoms with Crippen molar-refractivity contribution in [2.75, 3.05) is 24.2 Å². The van der Waals surface area contributed by atoms with Crippen LogP contribution in [0, 0.1) is 0 Å². The van der Waals surface area contributed by atoms with E-state index in [2.05, 4.69) is 10.3 Å². The normalized spacial score (nSPS) is 15.5. The molecular weight excluding hydrogens is 436 g/mol. The van der Waals surface area contributed by atoms with Crippen molar-refractivity contribution in [1.82, 2.24) is 14.5 Å². The summed E-state index contributed by atoms with van der Waals surface area (Å²) in [4.78, 5) is 31.6. The van der Waals surface area contributed by atoms with Gasteiger partial charge in [0.2, 0.25) is 5.91 Å². The molecule has 2 amide bonds. The van der Waals surface area contributed by atoms with Crippen LogP contribution < -0.4 is 10.1 Å². The number of likely N-dealkylation sites (tertiary alicyclic amines) is 1.